The summed E-state index contributed by atoms with van der Waals surface area (Å²) in [6, 6.07) is 0.743. The Hall–Kier alpha value is 0.0500. The van der Waals surface area contributed by atoms with Crippen molar-refractivity contribution in [2.75, 3.05) is 18.6 Å². The highest BCUT2D eigenvalue weighted by Gasteiger charge is 2.07. The van der Waals surface area contributed by atoms with Gasteiger partial charge in [0.05, 0.1) is 0 Å². The van der Waals surface area contributed by atoms with Gasteiger partial charge in [-0.25, -0.2) is 0 Å². The number of hydrogen-bond donors (Lipinski definition) is 1. The molecule has 1 nitrogen and oxygen atoms in total. The number of nitrogens with one attached hydrogen (secondary N) is 1. The van der Waals surface area contributed by atoms with Gasteiger partial charge in [0.1, 0.15) is 0 Å². The van der Waals surface area contributed by atoms with Crippen molar-refractivity contribution >= 4 is 11.8 Å². The lowest BCUT2D eigenvalue weighted by Crippen LogP contribution is -2.28. The van der Waals surface area contributed by atoms with Crippen LogP contribution in [0.1, 0.15) is 12.8 Å². The van der Waals surface area contributed by atoms with Crippen LogP contribution in [0.25, 0.3) is 0 Å². The summed E-state index contributed by atoms with van der Waals surface area (Å²) in [6.07, 6.45) is 9.13. The molecule has 0 amide bonds. The van der Waals surface area contributed by atoms with E-state index in [-0.39, 0.29) is 0 Å². The fourth-order valence-electron chi connectivity index (χ4n) is 1.15. The van der Waals surface area contributed by atoms with Crippen LogP contribution in [0.3, 0.4) is 0 Å². The maximum atomic E-state index is 3.50. The first-order valence-corrected chi connectivity index (χ1v) is 5.20. The molecule has 0 aliphatic heterocycles. The van der Waals surface area contributed by atoms with E-state index in [9.17, 15) is 0 Å². The van der Waals surface area contributed by atoms with Gasteiger partial charge in [0.25, 0.3) is 0 Å². The number of hydrogen-bond acceptors (Lipinski definition) is 2. The largest absolute Gasteiger partial charge is 0.313 e. The molecule has 0 aromatic heterocycles. The normalized spacial score (nSPS) is 18.5. The van der Waals surface area contributed by atoms with Gasteiger partial charge in [-0.2, -0.15) is 11.8 Å². The van der Waals surface area contributed by atoms with Crippen LogP contribution in [-0.2, 0) is 0 Å². The van der Waals surface area contributed by atoms with Gasteiger partial charge in [0, 0.05) is 18.3 Å². The molecule has 0 atom stereocenters. The quantitative estimate of drug-likeness (QED) is 0.492. The predicted molar refractivity (Wildman–Crippen MR) is 48.5 cm³/mol. The third-order valence-corrected chi connectivity index (χ3v) is 2.36. The Kier molecular flexibility index (Phi) is 3.91. The molecule has 0 radical (unpaired) electrons. The lowest BCUT2D eigenvalue weighted by molar-refractivity contribution is 0.561. The summed E-state index contributed by atoms with van der Waals surface area (Å²) in [5.41, 5.74) is 0. The van der Waals surface area contributed by atoms with Gasteiger partial charge in [0.2, 0.25) is 0 Å². The summed E-state index contributed by atoms with van der Waals surface area (Å²) in [4.78, 5) is 0. The van der Waals surface area contributed by atoms with Crippen molar-refractivity contribution in [3.8, 4) is 0 Å². The first kappa shape index (κ1) is 8.15. The Balaban J connectivity index is 1.93. The Morgan fingerprint density at radius 2 is 2.20 bits per heavy atom. The number of thioether (sulfide) groups is 1. The topological polar surface area (TPSA) is 12.0 Å². The fraction of sp³-hybridized carbons (Fsp3) is 0.750. The van der Waals surface area contributed by atoms with Crippen molar-refractivity contribution < 1.29 is 0 Å². The van der Waals surface area contributed by atoms with E-state index in [0.29, 0.717) is 0 Å². The van der Waals surface area contributed by atoms with Gasteiger partial charge in [-0.3, -0.25) is 0 Å². The van der Waals surface area contributed by atoms with Crippen molar-refractivity contribution in [2.45, 2.75) is 18.9 Å². The third-order valence-electron chi connectivity index (χ3n) is 1.75. The molecular weight excluding hydrogens is 142 g/mol. The fourth-order valence-corrected chi connectivity index (χ4v) is 1.47. The molecule has 10 heavy (non-hydrogen) atoms. The molecule has 0 spiro atoms. The maximum absolute atomic E-state index is 3.50. The SMILES string of the molecule is CSCCNC1CC=CC1. The van der Waals surface area contributed by atoms with Crippen LogP contribution in [0.15, 0.2) is 12.2 Å². The Bertz CT molecular complexity index is 104. The lowest BCUT2D eigenvalue weighted by Gasteiger charge is -2.09. The molecule has 58 valence electrons. The minimum absolute atomic E-state index is 0.743. The van der Waals surface area contributed by atoms with Crippen LogP contribution < -0.4 is 5.32 Å². The molecule has 0 aromatic carbocycles. The highest BCUT2D eigenvalue weighted by molar-refractivity contribution is 7.98. The van der Waals surface area contributed by atoms with Gasteiger partial charge < -0.3 is 5.32 Å². The van der Waals surface area contributed by atoms with Gasteiger partial charge in [-0.05, 0) is 19.1 Å². The van der Waals surface area contributed by atoms with E-state index in [4.69, 9.17) is 0 Å². The van der Waals surface area contributed by atoms with Crippen LogP contribution >= 0.6 is 11.8 Å². The highest BCUT2D eigenvalue weighted by atomic mass is 32.2. The molecule has 0 bridgehead atoms. The smallest absolute Gasteiger partial charge is 0.0136 e. The Labute approximate surface area is 67.3 Å². The average molecular weight is 157 g/mol. The number of rotatable bonds is 4. The lowest BCUT2D eigenvalue weighted by atomic mass is 10.2. The molecule has 0 saturated carbocycles. The Morgan fingerprint density at radius 3 is 2.80 bits per heavy atom. The van der Waals surface area contributed by atoms with E-state index >= 15 is 0 Å². The van der Waals surface area contributed by atoms with Crippen LogP contribution in [-0.4, -0.2) is 24.6 Å². The molecule has 2 heteroatoms. The van der Waals surface area contributed by atoms with E-state index in [1.165, 1.54) is 18.6 Å². The molecule has 0 heterocycles. The highest BCUT2D eigenvalue weighted by Crippen LogP contribution is 2.08. The van der Waals surface area contributed by atoms with Gasteiger partial charge in [-0.15, -0.1) is 0 Å². The second-order valence-electron chi connectivity index (χ2n) is 2.59. The van der Waals surface area contributed by atoms with Crippen LogP contribution in [0.2, 0.25) is 0 Å². The zero-order chi connectivity index (χ0) is 7.23. The van der Waals surface area contributed by atoms with Crippen LogP contribution in [0.4, 0.5) is 0 Å². The maximum Gasteiger partial charge on any atom is 0.0136 e. The first-order valence-electron chi connectivity index (χ1n) is 3.81. The van der Waals surface area contributed by atoms with E-state index in [2.05, 4.69) is 23.7 Å². The molecule has 1 N–H and O–H groups in total. The van der Waals surface area contributed by atoms with Crippen LogP contribution in [0, 0.1) is 0 Å². The van der Waals surface area contributed by atoms with Gasteiger partial charge in [0.15, 0.2) is 0 Å². The van der Waals surface area contributed by atoms with E-state index in [1.54, 1.807) is 0 Å². The van der Waals surface area contributed by atoms with E-state index in [1.807, 2.05) is 11.8 Å². The molecule has 0 saturated heterocycles. The van der Waals surface area contributed by atoms with E-state index in [0.717, 1.165) is 12.6 Å². The molecular formula is C8H15NS. The molecule has 0 fully saturated rings. The first-order chi connectivity index (χ1) is 4.93. The molecule has 1 aliphatic carbocycles. The minimum atomic E-state index is 0.743. The molecule has 0 unspecified atom stereocenters. The molecule has 0 aromatic rings. The summed E-state index contributed by atoms with van der Waals surface area (Å²) in [5, 5.41) is 3.50. The third kappa shape index (κ3) is 2.76. The minimum Gasteiger partial charge on any atom is -0.313 e. The summed E-state index contributed by atoms with van der Waals surface area (Å²) in [5.74, 6) is 1.23. The van der Waals surface area contributed by atoms with Crippen molar-refractivity contribution in [1.82, 2.24) is 5.32 Å². The second-order valence-corrected chi connectivity index (χ2v) is 3.57. The predicted octanol–water partition coefficient (Wildman–Crippen LogP) is 1.66. The molecule has 1 rings (SSSR count). The van der Waals surface area contributed by atoms with Crippen LogP contribution in [0.5, 0.6) is 0 Å². The summed E-state index contributed by atoms with van der Waals surface area (Å²) < 4.78 is 0. The second kappa shape index (κ2) is 4.80. The van der Waals surface area contributed by atoms with Crippen molar-refractivity contribution in [1.29, 1.82) is 0 Å². The average Bonchev–Trinajstić information content (AvgIpc) is 2.41. The van der Waals surface area contributed by atoms with Crippen molar-refractivity contribution in [3.63, 3.8) is 0 Å². The van der Waals surface area contributed by atoms with Crippen molar-refractivity contribution in [2.24, 2.45) is 0 Å². The summed E-state index contributed by atoms with van der Waals surface area (Å²) in [7, 11) is 0. The Morgan fingerprint density at radius 1 is 1.50 bits per heavy atom. The summed E-state index contributed by atoms with van der Waals surface area (Å²) >= 11 is 1.90. The van der Waals surface area contributed by atoms with Gasteiger partial charge in [-0.1, -0.05) is 12.2 Å². The zero-order valence-electron chi connectivity index (χ0n) is 6.47. The van der Waals surface area contributed by atoms with Gasteiger partial charge >= 0.3 is 0 Å². The molecule has 1 aliphatic rings. The zero-order valence-corrected chi connectivity index (χ0v) is 7.29. The summed E-state index contributed by atoms with van der Waals surface area (Å²) in [6.45, 7) is 1.16. The van der Waals surface area contributed by atoms with Crippen molar-refractivity contribution in [3.05, 3.63) is 12.2 Å². The van der Waals surface area contributed by atoms with E-state index < -0.39 is 0 Å². The standard InChI is InChI=1S/C8H15NS/c1-10-7-6-9-8-4-2-3-5-8/h2-3,8-9H,4-7H2,1H3. The monoisotopic (exact) mass is 157 g/mol.